The van der Waals surface area contributed by atoms with Crippen LogP contribution in [0.15, 0.2) is 61.1 Å². The van der Waals surface area contributed by atoms with Gasteiger partial charge in [0.25, 0.3) is 5.91 Å². The number of aryl methyl sites for hydroxylation is 1. The van der Waals surface area contributed by atoms with Gasteiger partial charge in [-0.05, 0) is 37.0 Å². The number of rotatable bonds is 6. The molecule has 0 aliphatic carbocycles. The maximum absolute atomic E-state index is 12.1. The van der Waals surface area contributed by atoms with Crippen LogP contribution < -0.4 is 5.32 Å². The first-order valence-electron chi connectivity index (χ1n) is 7.58. The third-order valence-corrected chi connectivity index (χ3v) is 3.67. The Bertz CT molecular complexity index is 749. The van der Waals surface area contributed by atoms with Gasteiger partial charge in [-0.1, -0.05) is 30.3 Å². The predicted octanol–water partition coefficient (Wildman–Crippen LogP) is 3.09. The van der Waals surface area contributed by atoms with E-state index in [4.69, 9.17) is 0 Å². The molecule has 1 aromatic carbocycles. The van der Waals surface area contributed by atoms with Crippen LogP contribution in [0.2, 0.25) is 0 Å². The number of pyridine rings is 1. The summed E-state index contributed by atoms with van der Waals surface area (Å²) < 4.78 is 1.85. The number of hydrogen-bond acceptors (Lipinski definition) is 2. The van der Waals surface area contributed by atoms with Gasteiger partial charge < -0.3 is 9.72 Å². The van der Waals surface area contributed by atoms with Crippen LogP contribution in [0.25, 0.3) is 5.65 Å². The summed E-state index contributed by atoms with van der Waals surface area (Å²) in [5, 5.41) is 2.97. The molecule has 112 valence electrons. The SMILES string of the molecule is O=C(NCCCCc1ccccc1)c1ccc2nccn2c1. The Labute approximate surface area is 129 Å². The van der Waals surface area contributed by atoms with Crippen LogP contribution >= 0.6 is 0 Å². The molecule has 2 aromatic heterocycles. The van der Waals surface area contributed by atoms with E-state index in [-0.39, 0.29) is 5.91 Å². The zero-order valence-corrected chi connectivity index (χ0v) is 12.4. The molecule has 0 bridgehead atoms. The summed E-state index contributed by atoms with van der Waals surface area (Å²) in [6.45, 7) is 0.702. The minimum Gasteiger partial charge on any atom is -0.352 e. The number of carbonyl (C=O) groups is 1. The fourth-order valence-corrected chi connectivity index (χ4v) is 2.46. The highest BCUT2D eigenvalue weighted by molar-refractivity contribution is 5.94. The second-order valence-corrected chi connectivity index (χ2v) is 5.31. The Kier molecular flexibility index (Phi) is 4.49. The molecule has 4 heteroatoms. The number of amides is 1. The van der Waals surface area contributed by atoms with Crippen molar-refractivity contribution in [2.45, 2.75) is 19.3 Å². The normalized spacial score (nSPS) is 10.7. The lowest BCUT2D eigenvalue weighted by Crippen LogP contribution is -2.24. The van der Waals surface area contributed by atoms with Crippen molar-refractivity contribution in [2.24, 2.45) is 0 Å². The molecule has 1 N–H and O–H groups in total. The van der Waals surface area contributed by atoms with Crippen LogP contribution in [-0.2, 0) is 6.42 Å². The largest absolute Gasteiger partial charge is 0.352 e. The van der Waals surface area contributed by atoms with Crippen molar-refractivity contribution in [3.63, 3.8) is 0 Å². The Morgan fingerprint density at radius 2 is 1.95 bits per heavy atom. The summed E-state index contributed by atoms with van der Waals surface area (Å²) in [5.41, 5.74) is 2.85. The summed E-state index contributed by atoms with van der Waals surface area (Å²) >= 11 is 0. The molecule has 0 spiro atoms. The Hall–Kier alpha value is -2.62. The number of carbonyl (C=O) groups excluding carboxylic acids is 1. The van der Waals surface area contributed by atoms with Crippen LogP contribution in [0, 0.1) is 0 Å². The summed E-state index contributed by atoms with van der Waals surface area (Å²) in [5.74, 6) is -0.0321. The number of benzene rings is 1. The number of nitrogens with one attached hydrogen (secondary N) is 1. The van der Waals surface area contributed by atoms with Gasteiger partial charge >= 0.3 is 0 Å². The van der Waals surface area contributed by atoms with Crippen molar-refractivity contribution < 1.29 is 4.79 Å². The molecule has 3 aromatic rings. The van der Waals surface area contributed by atoms with Crippen molar-refractivity contribution in [2.75, 3.05) is 6.54 Å². The lowest BCUT2D eigenvalue weighted by Gasteiger charge is -2.06. The van der Waals surface area contributed by atoms with Gasteiger partial charge in [-0.3, -0.25) is 4.79 Å². The zero-order valence-electron chi connectivity index (χ0n) is 12.4. The lowest BCUT2D eigenvalue weighted by molar-refractivity contribution is 0.0952. The number of imidazole rings is 1. The first-order chi connectivity index (χ1) is 10.8. The number of unbranched alkanes of at least 4 members (excludes halogenated alkanes) is 1. The Balaban J connectivity index is 1.44. The maximum atomic E-state index is 12.1. The number of nitrogens with zero attached hydrogens (tertiary/aromatic N) is 2. The smallest absolute Gasteiger partial charge is 0.252 e. The first kappa shape index (κ1) is 14.3. The van der Waals surface area contributed by atoms with E-state index in [2.05, 4.69) is 34.6 Å². The van der Waals surface area contributed by atoms with E-state index in [0.717, 1.165) is 24.9 Å². The third-order valence-electron chi connectivity index (χ3n) is 3.67. The molecule has 2 heterocycles. The summed E-state index contributed by atoms with van der Waals surface area (Å²) in [6, 6.07) is 14.1. The third kappa shape index (κ3) is 3.52. The predicted molar refractivity (Wildman–Crippen MR) is 86.9 cm³/mol. The molecule has 0 aliphatic heterocycles. The van der Waals surface area contributed by atoms with Gasteiger partial charge in [-0.25, -0.2) is 4.98 Å². The van der Waals surface area contributed by atoms with E-state index < -0.39 is 0 Å². The molecule has 0 saturated heterocycles. The highest BCUT2D eigenvalue weighted by atomic mass is 16.1. The molecule has 0 fully saturated rings. The molecule has 0 atom stereocenters. The molecular formula is C18H19N3O. The number of aromatic nitrogens is 2. The van der Waals surface area contributed by atoms with Crippen LogP contribution in [-0.4, -0.2) is 21.8 Å². The van der Waals surface area contributed by atoms with Gasteiger partial charge in [0, 0.05) is 25.1 Å². The van der Waals surface area contributed by atoms with E-state index in [1.54, 1.807) is 6.20 Å². The fraction of sp³-hybridized carbons (Fsp3) is 0.222. The monoisotopic (exact) mass is 293 g/mol. The highest BCUT2D eigenvalue weighted by Gasteiger charge is 2.05. The van der Waals surface area contributed by atoms with E-state index in [9.17, 15) is 4.79 Å². The van der Waals surface area contributed by atoms with Gasteiger partial charge in [0.1, 0.15) is 5.65 Å². The first-order valence-corrected chi connectivity index (χ1v) is 7.58. The standard InChI is InChI=1S/C18H19N3O/c22-18(16-9-10-17-19-12-13-21(17)14-16)20-11-5-4-8-15-6-2-1-3-7-15/h1-3,6-7,9-10,12-14H,4-5,8,11H2,(H,20,22). The van der Waals surface area contributed by atoms with Gasteiger partial charge in [0.2, 0.25) is 0 Å². The number of hydrogen-bond donors (Lipinski definition) is 1. The van der Waals surface area contributed by atoms with Gasteiger partial charge in [0.15, 0.2) is 0 Å². The average molecular weight is 293 g/mol. The second-order valence-electron chi connectivity index (χ2n) is 5.31. The highest BCUT2D eigenvalue weighted by Crippen LogP contribution is 2.06. The number of fused-ring (bicyclic) bond motifs is 1. The van der Waals surface area contributed by atoms with E-state index in [1.807, 2.05) is 35.0 Å². The molecule has 4 nitrogen and oxygen atoms in total. The minimum atomic E-state index is -0.0321. The fourth-order valence-electron chi connectivity index (χ4n) is 2.46. The van der Waals surface area contributed by atoms with Gasteiger partial charge in [0.05, 0.1) is 5.56 Å². The molecule has 22 heavy (non-hydrogen) atoms. The molecule has 3 rings (SSSR count). The van der Waals surface area contributed by atoms with Crippen molar-refractivity contribution in [3.8, 4) is 0 Å². The average Bonchev–Trinajstić information content (AvgIpc) is 3.03. The quantitative estimate of drug-likeness (QED) is 0.710. The van der Waals surface area contributed by atoms with Crippen LogP contribution in [0.3, 0.4) is 0 Å². The van der Waals surface area contributed by atoms with E-state index in [1.165, 1.54) is 5.56 Å². The second kappa shape index (κ2) is 6.89. The molecule has 0 radical (unpaired) electrons. The summed E-state index contributed by atoms with van der Waals surface area (Å²) in [7, 11) is 0. The minimum absolute atomic E-state index is 0.0321. The van der Waals surface area contributed by atoms with Gasteiger partial charge in [-0.15, -0.1) is 0 Å². The van der Waals surface area contributed by atoms with Gasteiger partial charge in [-0.2, -0.15) is 0 Å². The Morgan fingerprint density at radius 1 is 1.09 bits per heavy atom. The summed E-state index contributed by atoms with van der Waals surface area (Å²) in [4.78, 5) is 16.3. The molecule has 1 amide bonds. The molecule has 0 aliphatic rings. The van der Waals surface area contributed by atoms with Crippen LogP contribution in [0.1, 0.15) is 28.8 Å². The molecule has 0 unspecified atom stereocenters. The zero-order chi connectivity index (χ0) is 15.2. The maximum Gasteiger partial charge on any atom is 0.252 e. The van der Waals surface area contributed by atoms with E-state index >= 15 is 0 Å². The summed E-state index contributed by atoms with van der Waals surface area (Å²) in [6.07, 6.45) is 8.48. The van der Waals surface area contributed by atoms with E-state index in [0.29, 0.717) is 12.1 Å². The van der Waals surface area contributed by atoms with Crippen molar-refractivity contribution in [3.05, 3.63) is 72.2 Å². The van der Waals surface area contributed by atoms with Crippen LogP contribution in [0.4, 0.5) is 0 Å². The van der Waals surface area contributed by atoms with Crippen molar-refractivity contribution in [1.82, 2.24) is 14.7 Å². The van der Waals surface area contributed by atoms with Crippen molar-refractivity contribution >= 4 is 11.6 Å². The Morgan fingerprint density at radius 3 is 2.82 bits per heavy atom. The van der Waals surface area contributed by atoms with Crippen LogP contribution in [0.5, 0.6) is 0 Å². The lowest BCUT2D eigenvalue weighted by atomic mass is 10.1. The molecule has 0 saturated carbocycles. The molecular weight excluding hydrogens is 274 g/mol. The van der Waals surface area contributed by atoms with Crippen molar-refractivity contribution in [1.29, 1.82) is 0 Å². The topological polar surface area (TPSA) is 46.4 Å².